The fraction of sp³-hybridized carbons (Fsp3) is 0.500. The number of esters is 1. The van der Waals surface area contributed by atoms with Crippen LogP contribution in [0.15, 0.2) is 0 Å². The average Bonchev–Trinajstić information content (AvgIpc) is 1.83. The van der Waals surface area contributed by atoms with Crippen molar-refractivity contribution in [3.63, 3.8) is 0 Å². The molecule has 0 aliphatic heterocycles. The smallest absolute Gasteiger partial charge is 0.384 e. The van der Waals surface area contributed by atoms with E-state index in [-0.39, 0.29) is 4.83 Å². The summed E-state index contributed by atoms with van der Waals surface area (Å²) in [6, 6.07) is 0. The second kappa shape index (κ2) is 4.39. The van der Waals surface area contributed by atoms with Gasteiger partial charge in [0, 0.05) is 10.7 Å². The molecule has 1 atom stereocenters. The maximum atomic E-state index is 10.2. The summed E-state index contributed by atoms with van der Waals surface area (Å²) in [6.45, 7) is 2.19. The number of ether oxygens (including phenoxy) is 1. The van der Waals surface area contributed by atoms with Crippen LogP contribution in [0.4, 0.5) is 0 Å². The van der Waals surface area contributed by atoms with Crippen molar-refractivity contribution in [2.75, 3.05) is 6.61 Å². The minimum atomic E-state index is -0.610. The molecule has 9 heavy (non-hydrogen) atoms. The van der Waals surface area contributed by atoms with Gasteiger partial charge in [0.2, 0.25) is 0 Å². The van der Waals surface area contributed by atoms with Gasteiger partial charge in [-0.25, -0.2) is 4.79 Å². The quantitative estimate of drug-likeness (QED) is 0.281. The van der Waals surface area contributed by atoms with E-state index in [2.05, 4.69) is 20.7 Å². The molecule has 0 radical (unpaired) electrons. The Hall–Kier alpha value is -0.490. The largest absolute Gasteiger partial charge is 0.455 e. The van der Waals surface area contributed by atoms with Gasteiger partial charge in [-0.3, -0.25) is 0 Å². The summed E-state index contributed by atoms with van der Waals surface area (Å²) >= 11 is 3.19. The average molecular weight is 191 g/mol. The van der Waals surface area contributed by atoms with Crippen molar-refractivity contribution < 1.29 is 9.53 Å². The third-order valence-electron chi connectivity index (χ3n) is 0.562. The van der Waals surface area contributed by atoms with E-state index in [1.54, 1.807) is 0 Å². The highest BCUT2D eigenvalue weighted by Crippen LogP contribution is 1.96. The van der Waals surface area contributed by atoms with Crippen LogP contribution in [0, 0.1) is 12.3 Å². The van der Waals surface area contributed by atoms with Crippen molar-refractivity contribution in [3.05, 3.63) is 0 Å². The predicted octanol–water partition coefficient (Wildman–Crippen LogP) is 0.946. The van der Waals surface area contributed by atoms with Gasteiger partial charge in [0.1, 0.15) is 6.61 Å². The highest BCUT2D eigenvalue weighted by molar-refractivity contribution is 9.09. The molecular formula is C6H7BrO2. The fourth-order valence-electron chi connectivity index (χ4n) is 0.232. The van der Waals surface area contributed by atoms with Gasteiger partial charge in [0.15, 0.2) is 0 Å². The zero-order valence-corrected chi connectivity index (χ0v) is 6.64. The van der Waals surface area contributed by atoms with Gasteiger partial charge in [-0.15, -0.1) is 6.42 Å². The lowest BCUT2D eigenvalue weighted by molar-refractivity contribution is -0.136. The first kappa shape index (κ1) is 8.51. The standard InChI is InChI=1S/C6H7BrO2/c1-3-6(8)9-4-5(2)7/h1,5H,4H2,2H3. The molecule has 0 fully saturated rings. The van der Waals surface area contributed by atoms with Gasteiger partial charge < -0.3 is 4.74 Å². The normalized spacial score (nSPS) is 11.7. The third-order valence-corrected chi connectivity index (χ3v) is 0.826. The van der Waals surface area contributed by atoms with Crippen molar-refractivity contribution in [3.8, 4) is 12.3 Å². The SMILES string of the molecule is C#CC(=O)OCC(C)Br. The minimum Gasteiger partial charge on any atom is -0.455 e. The molecule has 0 heterocycles. The van der Waals surface area contributed by atoms with Gasteiger partial charge in [-0.2, -0.15) is 0 Å². The number of hydrogen-bond donors (Lipinski definition) is 0. The molecule has 0 bridgehead atoms. The summed E-state index contributed by atoms with van der Waals surface area (Å²) in [5, 5.41) is 0. The van der Waals surface area contributed by atoms with Gasteiger partial charge >= 0.3 is 5.97 Å². The first-order valence-electron chi connectivity index (χ1n) is 2.44. The summed E-state index contributed by atoms with van der Waals surface area (Å²) < 4.78 is 4.53. The van der Waals surface area contributed by atoms with Gasteiger partial charge in [0.25, 0.3) is 0 Å². The number of hydrogen-bond acceptors (Lipinski definition) is 2. The van der Waals surface area contributed by atoms with Crippen molar-refractivity contribution in [1.82, 2.24) is 0 Å². The van der Waals surface area contributed by atoms with E-state index in [1.807, 2.05) is 12.8 Å². The van der Waals surface area contributed by atoms with Crippen LogP contribution >= 0.6 is 15.9 Å². The third kappa shape index (κ3) is 5.38. The molecular weight excluding hydrogens is 184 g/mol. The Kier molecular flexibility index (Phi) is 4.16. The van der Waals surface area contributed by atoms with Gasteiger partial charge in [0.05, 0.1) is 0 Å². The Labute approximate surface area is 62.7 Å². The van der Waals surface area contributed by atoms with E-state index in [1.165, 1.54) is 0 Å². The Bertz CT molecular complexity index is 134. The number of alkyl halides is 1. The highest BCUT2D eigenvalue weighted by Gasteiger charge is 1.98. The summed E-state index contributed by atoms with van der Waals surface area (Å²) in [5.74, 6) is 1.23. The second-order valence-electron chi connectivity index (χ2n) is 1.52. The number of carbonyl (C=O) groups is 1. The predicted molar refractivity (Wildman–Crippen MR) is 38.2 cm³/mol. The lowest BCUT2D eigenvalue weighted by Crippen LogP contribution is -2.08. The van der Waals surface area contributed by atoms with Crippen LogP contribution < -0.4 is 0 Å². The molecule has 0 saturated heterocycles. The summed E-state index contributed by atoms with van der Waals surface area (Å²) in [7, 11) is 0. The first-order chi connectivity index (χ1) is 4.16. The molecule has 0 aromatic heterocycles. The van der Waals surface area contributed by atoms with E-state index in [0.29, 0.717) is 6.61 Å². The van der Waals surface area contributed by atoms with Crippen molar-refractivity contribution >= 4 is 21.9 Å². The van der Waals surface area contributed by atoms with Crippen LogP contribution in [0.1, 0.15) is 6.92 Å². The minimum absolute atomic E-state index is 0.162. The molecule has 0 aliphatic rings. The molecule has 0 aromatic carbocycles. The summed E-state index contributed by atoms with van der Waals surface area (Å²) in [4.78, 5) is 10.4. The Balaban J connectivity index is 3.31. The maximum Gasteiger partial charge on any atom is 0.384 e. The summed E-state index contributed by atoms with van der Waals surface area (Å²) in [6.07, 6.45) is 4.72. The van der Waals surface area contributed by atoms with Crippen LogP contribution in [-0.4, -0.2) is 17.4 Å². The van der Waals surface area contributed by atoms with E-state index in [0.717, 1.165) is 0 Å². The van der Waals surface area contributed by atoms with Crippen LogP contribution in [0.2, 0.25) is 0 Å². The fourth-order valence-corrected chi connectivity index (χ4v) is 0.364. The van der Waals surface area contributed by atoms with Gasteiger partial charge in [-0.05, 0) is 6.92 Å². The Morgan fingerprint density at radius 2 is 2.56 bits per heavy atom. The number of halogens is 1. The zero-order chi connectivity index (χ0) is 7.28. The molecule has 1 unspecified atom stereocenters. The molecule has 0 rings (SSSR count). The molecule has 3 heteroatoms. The van der Waals surface area contributed by atoms with Crippen LogP contribution in [0.5, 0.6) is 0 Å². The van der Waals surface area contributed by atoms with Gasteiger partial charge in [-0.1, -0.05) is 15.9 Å². The maximum absolute atomic E-state index is 10.2. The topological polar surface area (TPSA) is 26.3 Å². The molecule has 0 aromatic rings. The molecule has 2 nitrogen and oxygen atoms in total. The molecule has 0 saturated carbocycles. The number of carbonyl (C=O) groups excluding carboxylic acids is 1. The summed E-state index contributed by atoms with van der Waals surface area (Å²) in [5.41, 5.74) is 0. The van der Waals surface area contributed by atoms with Crippen LogP contribution in [0.25, 0.3) is 0 Å². The van der Waals surface area contributed by atoms with Crippen LogP contribution in [-0.2, 0) is 9.53 Å². The number of terminal acetylenes is 1. The lowest BCUT2D eigenvalue weighted by atomic mass is 10.5. The molecule has 0 amide bonds. The first-order valence-corrected chi connectivity index (χ1v) is 3.36. The molecule has 0 aliphatic carbocycles. The number of rotatable bonds is 2. The molecule has 50 valence electrons. The van der Waals surface area contributed by atoms with E-state index >= 15 is 0 Å². The van der Waals surface area contributed by atoms with Crippen molar-refractivity contribution in [2.45, 2.75) is 11.8 Å². The van der Waals surface area contributed by atoms with E-state index in [4.69, 9.17) is 6.42 Å². The molecule has 0 spiro atoms. The van der Waals surface area contributed by atoms with Crippen molar-refractivity contribution in [1.29, 1.82) is 0 Å². The monoisotopic (exact) mass is 190 g/mol. The van der Waals surface area contributed by atoms with E-state index < -0.39 is 5.97 Å². The van der Waals surface area contributed by atoms with E-state index in [9.17, 15) is 4.79 Å². The van der Waals surface area contributed by atoms with Crippen molar-refractivity contribution in [2.24, 2.45) is 0 Å². The van der Waals surface area contributed by atoms with Crippen LogP contribution in [0.3, 0.4) is 0 Å². The lowest BCUT2D eigenvalue weighted by Gasteiger charge is -2.00. The Morgan fingerprint density at radius 1 is 2.00 bits per heavy atom. The zero-order valence-electron chi connectivity index (χ0n) is 5.06. The highest BCUT2D eigenvalue weighted by atomic mass is 79.9. The molecule has 0 N–H and O–H groups in total. The Morgan fingerprint density at radius 3 is 2.89 bits per heavy atom. The second-order valence-corrected chi connectivity index (χ2v) is 3.09.